The number of nitrogens with one attached hydrogen (secondary N) is 2. The van der Waals surface area contributed by atoms with Gasteiger partial charge in [0, 0.05) is 23.3 Å². The monoisotopic (exact) mass is 478 g/mol. The van der Waals surface area contributed by atoms with Crippen LogP contribution < -0.4 is 25.6 Å². The zero-order chi connectivity index (χ0) is 25.1. The van der Waals surface area contributed by atoms with Crippen molar-refractivity contribution >= 4 is 5.84 Å². The number of nitrogens with zero attached hydrogens (tertiary/aromatic N) is 3. The first-order chi connectivity index (χ1) is 16.8. The molecule has 1 unspecified atom stereocenters. The Morgan fingerprint density at radius 3 is 2.60 bits per heavy atom. The minimum Gasteiger partial charge on any atom is -0.711 e. The highest BCUT2D eigenvalue weighted by Gasteiger charge is 2.29. The van der Waals surface area contributed by atoms with Crippen molar-refractivity contribution in [1.82, 2.24) is 14.8 Å². The summed E-state index contributed by atoms with van der Waals surface area (Å²) in [5.74, 6) is -1.02. The van der Waals surface area contributed by atoms with E-state index >= 15 is 4.39 Å². The van der Waals surface area contributed by atoms with Crippen LogP contribution in [-0.2, 0) is 6.42 Å². The summed E-state index contributed by atoms with van der Waals surface area (Å²) < 4.78 is 27.4. The summed E-state index contributed by atoms with van der Waals surface area (Å²) in [6.45, 7) is 0. The van der Waals surface area contributed by atoms with Crippen molar-refractivity contribution in [3.63, 3.8) is 0 Å². The van der Waals surface area contributed by atoms with E-state index in [1.54, 1.807) is 30.3 Å². The number of hydrogen-bond acceptors (Lipinski definition) is 6. The van der Waals surface area contributed by atoms with Crippen molar-refractivity contribution in [2.75, 3.05) is 14.2 Å². The zero-order valence-corrected chi connectivity index (χ0v) is 19.0. The van der Waals surface area contributed by atoms with Crippen molar-refractivity contribution in [1.29, 1.82) is 5.41 Å². The van der Waals surface area contributed by atoms with Crippen LogP contribution in [0.4, 0.5) is 4.39 Å². The fraction of sp³-hybridized carbons (Fsp3) is 0.167. The third-order valence-electron chi connectivity index (χ3n) is 5.56. The lowest BCUT2D eigenvalue weighted by molar-refractivity contribution is -0.600. The molecule has 1 atom stereocenters. The van der Waals surface area contributed by atoms with E-state index in [0.29, 0.717) is 16.0 Å². The van der Waals surface area contributed by atoms with Gasteiger partial charge in [0.2, 0.25) is 0 Å². The highest BCUT2D eigenvalue weighted by molar-refractivity contribution is 5.94. The van der Waals surface area contributed by atoms with Crippen LogP contribution >= 0.6 is 0 Å². The molecule has 0 aliphatic carbocycles. The molecule has 4 rings (SSSR count). The molecule has 2 aromatic carbocycles. The van der Waals surface area contributed by atoms with Crippen molar-refractivity contribution in [2.24, 2.45) is 5.73 Å². The Hall–Kier alpha value is -4.67. The molecule has 0 aliphatic rings. The second-order valence-corrected chi connectivity index (χ2v) is 7.71. The van der Waals surface area contributed by atoms with Crippen LogP contribution in [0.5, 0.6) is 11.5 Å². The number of ether oxygens (including phenoxy) is 2. The lowest BCUT2D eigenvalue weighted by Gasteiger charge is -2.18. The van der Waals surface area contributed by atoms with Gasteiger partial charge in [0.15, 0.2) is 17.4 Å². The Bertz CT molecular complexity index is 1430. The van der Waals surface area contributed by atoms with E-state index < -0.39 is 17.4 Å². The molecular weight excluding hydrogens is 455 g/mol. The number of aromatic nitrogens is 4. The average molecular weight is 478 g/mol. The zero-order valence-electron chi connectivity index (χ0n) is 19.0. The quantitative estimate of drug-likeness (QED) is 0.153. The second-order valence-electron chi connectivity index (χ2n) is 7.71. The molecule has 0 saturated heterocycles. The van der Waals surface area contributed by atoms with Crippen LogP contribution in [0.15, 0.2) is 65.6 Å². The standard InChI is InChI=1S/C24H23FN6O4/c1-34-16-12-17(21(25)19(13-16)35-2)18(11-14-6-8-15(9-7-14)22(26)27)23-28-24(32)31(29-23)20-5-3-4-10-30(20)33/h3-10,12-13,18H,11H2,1-2H3,(H3,26,27)(H,28,29,32). The lowest BCUT2D eigenvalue weighted by Crippen LogP contribution is -2.35. The van der Waals surface area contributed by atoms with Gasteiger partial charge in [0.1, 0.15) is 11.6 Å². The molecule has 4 N–H and O–H groups in total. The summed E-state index contributed by atoms with van der Waals surface area (Å²) in [6, 6.07) is 14.4. The Morgan fingerprint density at radius 1 is 1.23 bits per heavy atom. The van der Waals surface area contributed by atoms with E-state index in [1.807, 2.05) is 0 Å². The number of pyridine rings is 1. The molecule has 0 fully saturated rings. The number of benzene rings is 2. The van der Waals surface area contributed by atoms with E-state index in [2.05, 4.69) is 10.1 Å². The Kier molecular flexibility index (Phi) is 6.49. The Morgan fingerprint density at radius 2 is 1.97 bits per heavy atom. The number of H-pyrrole nitrogens is 1. The Labute approximate surface area is 199 Å². The van der Waals surface area contributed by atoms with Crippen LogP contribution in [0.3, 0.4) is 0 Å². The van der Waals surface area contributed by atoms with Crippen molar-refractivity contribution in [3.05, 3.63) is 105 Å². The topological polar surface area (TPSA) is 146 Å². The molecule has 180 valence electrons. The van der Waals surface area contributed by atoms with E-state index in [1.165, 1.54) is 44.7 Å². The van der Waals surface area contributed by atoms with Gasteiger partial charge in [-0.05, 0) is 28.8 Å². The number of nitrogen functional groups attached to an aromatic ring is 1. The van der Waals surface area contributed by atoms with Gasteiger partial charge in [-0.15, -0.1) is 0 Å². The maximum Gasteiger partial charge on any atom is 0.440 e. The summed E-state index contributed by atoms with van der Waals surface area (Å²) >= 11 is 0. The van der Waals surface area contributed by atoms with E-state index in [4.69, 9.17) is 20.6 Å². The summed E-state index contributed by atoms with van der Waals surface area (Å²) in [5.41, 5.74) is 6.39. The van der Waals surface area contributed by atoms with Crippen molar-refractivity contribution in [2.45, 2.75) is 12.3 Å². The molecular formula is C24H23FN6O4. The van der Waals surface area contributed by atoms with Crippen LogP contribution in [0.1, 0.15) is 28.4 Å². The number of nitrogens with two attached hydrogens (primary N) is 1. The third-order valence-corrected chi connectivity index (χ3v) is 5.56. The van der Waals surface area contributed by atoms with Crippen LogP contribution in [-0.4, -0.2) is 34.8 Å². The van der Waals surface area contributed by atoms with Gasteiger partial charge in [-0.25, -0.2) is 13.9 Å². The first-order valence-corrected chi connectivity index (χ1v) is 10.5. The van der Waals surface area contributed by atoms with Gasteiger partial charge in [0.05, 0.1) is 26.3 Å². The van der Waals surface area contributed by atoms with Crippen LogP contribution in [0.25, 0.3) is 5.82 Å². The van der Waals surface area contributed by atoms with Gasteiger partial charge in [-0.3, -0.25) is 10.4 Å². The molecule has 0 saturated carbocycles. The predicted molar refractivity (Wildman–Crippen MR) is 126 cm³/mol. The number of halogens is 1. The third kappa shape index (κ3) is 4.69. The largest absolute Gasteiger partial charge is 0.711 e. The number of amidine groups is 1. The smallest absolute Gasteiger partial charge is 0.440 e. The molecule has 10 nitrogen and oxygen atoms in total. The average Bonchev–Trinajstić information content (AvgIpc) is 3.24. The number of aromatic amines is 1. The van der Waals surface area contributed by atoms with Gasteiger partial charge in [-0.2, -0.15) is 0 Å². The summed E-state index contributed by atoms with van der Waals surface area (Å²) in [7, 11) is 2.79. The van der Waals surface area contributed by atoms with E-state index in [-0.39, 0.29) is 35.2 Å². The molecule has 0 spiro atoms. The van der Waals surface area contributed by atoms with Gasteiger partial charge < -0.3 is 20.4 Å². The van der Waals surface area contributed by atoms with Crippen molar-refractivity contribution < 1.29 is 18.6 Å². The molecule has 0 bridgehead atoms. The van der Waals surface area contributed by atoms with Gasteiger partial charge >= 0.3 is 11.5 Å². The first kappa shape index (κ1) is 23.5. The normalized spacial score (nSPS) is 11.7. The molecule has 35 heavy (non-hydrogen) atoms. The van der Waals surface area contributed by atoms with Crippen LogP contribution in [0.2, 0.25) is 0 Å². The molecule has 0 radical (unpaired) electrons. The van der Waals surface area contributed by atoms with E-state index in [0.717, 1.165) is 10.2 Å². The van der Waals surface area contributed by atoms with Gasteiger partial charge in [-0.1, -0.05) is 35.4 Å². The minimum absolute atomic E-state index is 0.00624. The van der Waals surface area contributed by atoms with Crippen LogP contribution in [0, 0.1) is 16.4 Å². The molecule has 2 heterocycles. The maximum atomic E-state index is 15.5. The highest BCUT2D eigenvalue weighted by atomic mass is 19.1. The number of hydrogen-bond donors (Lipinski definition) is 3. The first-order valence-electron chi connectivity index (χ1n) is 10.5. The molecule has 4 aromatic rings. The number of rotatable bonds is 8. The fourth-order valence-electron chi connectivity index (χ4n) is 3.76. The minimum atomic E-state index is -0.778. The SMILES string of the molecule is COc1cc(OC)c(F)c(C(Cc2ccc(C(=N)N)cc2)c2nn(-c3cccc[n+]3[O-])c(=O)[nH]2)c1. The molecule has 2 aromatic heterocycles. The molecule has 11 heteroatoms. The fourth-order valence-corrected chi connectivity index (χ4v) is 3.76. The summed E-state index contributed by atoms with van der Waals surface area (Å²) in [4.78, 5) is 15.4. The Balaban J connectivity index is 1.86. The predicted octanol–water partition coefficient (Wildman–Crippen LogP) is 2.01. The van der Waals surface area contributed by atoms with E-state index in [9.17, 15) is 10.0 Å². The lowest BCUT2D eigenvalue weighted by atomic mass is 9.90. The molecule has 0 amide bonds. The maximum absolute atomic E-state index is 15.5. The second kappa shape index (κ2) is 9.67. The highest BCUT2D eigenvalue weighted by Crippen LogP contribution is 2.35. The van der Waals surface area contributed by atoms with Gasteiger partial charge in [0.25, 0.3) is 0 Å². The summed E-state index contributed by atoms with van der Waals surface area (Å²) in [5, 5.41) is 24.1. The summed E-state index contributed by atoms with van der Waals surface area (Å²) in [6.07, 6.45) is 1.47. The molecule has 0 aliphatic heterocycles. The number of methoxy groups -OCH3 is 2. The van der Waals surface area contributed by atoms with Crippen molar-refractivity contribution in [3.8, 4) is 17.3 Å².